The molecule has 0 saturated heterocycles. The first-order valence-electron chi connectivity index (χ1n) is 4.06. The summed E-state index contributed by atoms with van der Waals surface area (Å²) in [5.41, 5.74) is 1.33. The number of aryl methyl sites for hydroxylation is 1. The van der Waals surface area contributed by atoms with Crippen LogP contribution in [0.3, 0.4) is 0 Å². The van der Waals surface area contributed by atoms with Crippen LogP contribution in [-0.2, 0) is 13.5 Å². The van der Waals surface area contributed by atoms with Gasteiger partial charge < -0.3 is 5.11 Å². The molecule has 1 N–H and O–H groups in total. The monoisotopic (exact) mass is 211 g/mol. The summed E-state index contributed by atoms with van der Waals surface area (Å²) in [6.07, 6.45) is 3.10. The Bertz CT molecular complexity index is 398. The lowest BCUT2D eigenvalue weighted by molar-refractivity contribution is 0.173. The van der Waals surface area contributed by atoms with E-state index in [-0.39, 0.29) is 0 Å². The molecule has 0 aliphatic rings. The Morgan fingerprint density at radius 1 is 1.64 bits per heavy atom. The Morgan fingerprint density at radius 3 is 3.07 bits per heavy atom. The van der Waals surface area contributed by atoms with E-state index < -0.39 is 6.10 Å². The molecule has 0 saturated carbocycles. The second-order valence-electron chi connectivity index (χ2n) is 2.94. The van der Waals surface area contributed by atoms with Gasteiger partial charge in [-0.25, -0.2) is 0 Å². The van der Waals surface area contributed by atoms with Crippen LogP contribution in [0.25, 0.3) is 0 Å². The maximum atomic E-state index is 9.70. The number of aliphatic hydroxyl groups excluding tert-OH is 1. The third-order valence-corrected chi connectivity index (χ3v) is 2.26. The molecule has 7 heteroatoms. The van der Waals surface area contributed by atoms with Crippen molar-refractivity contribution in [2.75, 3.05) is 0 Å². The molecule has 0 aliphatic carbocycles. The second-order valence-corrected chi connectivity index (χ2v) is 3.49. The molecule has 0 aromatic carbocycles. The topological polar surface area (TPSA) is 76.7 Å². The summed E-state index contributed by atoms with van der Waals surface area (Å²) in [6.45, 7) is 0. The van der Waals surface area contributed by atoms with Crippen molar-refractivity contribution in [1.29, 1.82) is 0 Å². The summed E-state index contributed by atoms with van der Waals surface area (Å²) in [4.78, 5) is 0. The first-order chi connectivity index (χ1) is 6.75. The molecule has 6 nitrogen and oxygen atoms in total. The summed E-state index contributed by atoms with van der Waals surface area (Å²) in [7, 11) is 1.78. The van der Waals surface area contributed by atoms with Crippen LogP contribution < -0.4 is 0 Å². The lowest BCUT2D eigenvalue weighted by Gasteiger charge is -2.02. The number of aromatic nitrogens is 5. The number of rotatable bonds is 3. The molecule has 1 unspecified atom stereocenters. The molecule has 0 amide bonds. The average Bonchev–Trinajstić information content (AvgIpc) is 2.75. The van der Waals surface area contributed by atoms with Crippen molar-refractivity contribution >= 4 is 11.7 Å². The Kier molecular flexibility index (Phi) is 2.51. The fourth-order valence-electron chi connectivity index (χ4n) is 1.11. The smallest absolute Gasteiger partial charge is 0.104 e. The van der Waals surface area contributed by atoms with Gasteiger partial charge >= 0.3 is 0 Å². The molecule has 74 valence electrons. The third kappa shape index (κ3) is 1.94. The Hall–Kier alpha value is -1.34. The Morgan fingerprint density at radius 2 is 2.50 bits per heavy atom. The van der Waals surface area contributed by atoms with Crippen molar-refractivity contribution in [2.45, 2.75) is 12.5 Å². The van der Waals surface area contributed by atoms with Crippen molar-refractivity contribution in [3.05, 3.63) is 23.8 Å². The molecule has 1 atom stereocenters. The average molecular weight is 211 g/mol. The molecule has 2 heterocycles. The van der Waals surface area contributed by atoms with Crippen molar-refractivity contribution < 1.29 is 5.11 Å². The van der Waals surface area contributed by atoms with Crippen LogP contribution in [0.2, 0.25) is 0 Å². The van der Waals surface area contributed by atoms with Gasteiger partial charge in [0, 0.05) is 19.7 Å². The van der Waals surface area contributed by atoms with E-state index in [1.165, 1.54) is 0 Å². The van der Waals surface area contributed by atoms with Crippen LogP contribution in [0, 0.1) is 0 Å². The summed E-state index contributed by atoms with van der Waals surface area (Å²) in [5, 5.41) is 17.3. The van der Waals surface area contributed by atoms with E-state index in [0.29, 0.717) is 12.1 Å². The van der Waals surface area contributed by atoms with E-state index in [1.807, 2.05) is 0 Å². The van der Waals surface area contributed by atoms with Crippen molar-refractivity contribution in [2.24, 2.45) is 7.05 Å². The predicted molar refractivity (Wildman–Crippen MR) is 49.6 cm³/mol. The zero-order chi connectivity index (χ0) is 9.97. The van der Waals surface area contributed by atoms with Gasteiger partial charge in [-0.1, -0.05) is 5.21 Å². The maximum absolute atomic E-state index is 9.70. The quantitative estimate of drug-likeness (QED) is 0.769. The highest BCUT2D eigenvalue weighted by Gasteiger charge is 2.13. The number of nitrogens with zero attached hydrogens (tertiary/aromatic N) is 5. The third-order valence-electron chi connectivity index (χ3n) is 1.77. The summed E-state index contributed by atoms with van der Waals surface area (Å²) in [5.74, 6) is 0. The largest absolute Gasteiger partial charge is 0.386 e. The highest BCUT2D eigenvalue weighted by molar-refractivity contribution is 6.99. The molecule has 14 heavy (non-hydrogen) atoms. The molecule has 0 fully saturated rings. The molecular formula is C7H9N5OS. The first kappa shape index (κ1) is 9.22. The predicted octanol–water partition coefficient (Wildman–Crippen LogP) is -0.0573. The van der Waals surface area contributed by atoms with Gasteiger partial charge in [0.05, 0.1) is 23.6 Å². The zero-order valence-corrected chi connectivity index (χ0v) is 8.35. The molecule has 0 bridgehead atoms. The minimum absolute atomic E-state index is 0.416. The molecule has 2 aromatic rings. The van der Waals surface area contributed by atoms with Crippen LogP contribution in [0.15, 0.2) is 12.4 Å². The second kappa shape index (κ2) is 3.81. The van der Waals surface area contributed by atoms with E-state index >= 15 is 0 Å². The highest BCUT2D eigenvalue weighted by Crippen LogP contribution is 2.14. The fourth-order valence-corrected chi connectivity index (χ4v) is 1.58. The van der Waals surface area contributed by atoms with Crippen molar-refractivity contribution in [3.63, 3.8) is 0 Å². The molecule has 0 aliphatic heterocycles. The molecule has 0 spiro atoms. The minimum Gasteiger partial charge on any atom is -0.386 e. The van der Waals surface area contributed by atoms with Crippen LogP contribution in [0.4, 0.5) is 0 Å². The van der Waals surface area contributed by atoms with Crippen LogP contribution in [-0.4, -0.2) is 28.8 Å². The summed E-state index contributed by atoms with van der Waals surface area (Å²) >= 11 is 1.08. The fraction of sp³-hybridized carbons (Fsp3) is 0.429. The van der Waals surface area contributed by atoms with Gasteiger partial charge in [-0.05, 0) is 0 Å². The standard InChI is InChI=1S/C7H9N5OS/c1-12-4-5(9-11-12)2-7(13)6-3-8-14-10-6/h3-4,7,13H,2H2,1H3. The van der Waals surface area contributed by atoms with Gasteiger partial charge in [0.15, 0.2) is 0 Å². The first-order valence-corrected chi connectivity index (χ1v) is 4.79. The minimum atomic E-state index is -0.648. The molecule has 2 aromatic heterocycles. The van der Waals surface area contributed by atoms with Gasteiger partial charge in [-0.2, -0.15) is 8.75 Å². The van der Waals surface area contributed by atoms with E-state index in [2.05, 4.69) is 19.1 Å². The normalized spacial score (nSPS) is 13.0. The van der Waals surface area contributed by atoms with E-state index in [0.717, 1.165) is 17.4 Å². The number of hydrogen-bond acceptors (Lipinski definition) is 6. The van der Waals surface area contributed by atoms with Crippen LogP contribution in [0.5, 0.6) is 0 Å². The van der Waals surface area contributed by atoms with E-state index in [4.69, 9.17) is 0 Å². The van der Waals surface area contributed by atoms with Gasteiger partial charge in [0.2, 0.25) is 0 Å². The van der Waals surface area contributed by atoms with Crippen LogP contribution in [0.1, 0.15) is 17.5 Å². The molecule has 2 rings (SSSR count). The van der Waals surface area contributed by atoms with Gasteiger partial charge in [-0.3, -0.25) is 4.68 Å². The Labute approximate surface area is 84.5 Å². The number of hydrogen-bond donors (Lipinski definition) is 1. The van der Waals surface area contributed by atoms with Gasteiger partial charge in [0.1, 0.15) is 11.8 Å². The summed E-state index contributed by atoms with van der Waals surface area (Å²) in [6, 6.07) is 0. The zero-order valence-electron chi connectivity index (χ0n) is 7.53. The molecule has 0 radical (unpaired) electrons. The Balaban J connectivity index is 2.05. The van der Waals surface area contributed by atoms with E-state index in [9.17, 15) is 5.11 Å². The summed E-state index contributed by atoms with van der Waals surface area (Å²) < 4.78 is 9.36. The van der Waals surface area contributed by atoms with E-state index in [1.54, 1.807) is 24.1 Å². The highest BCUT2D eigenvalue weighted by atomic mass is 32.1. The molecular weight excluding hydrogens is 202 g/mol. The van der Waals surface area contributed by atoms with Crippen LogP contribution >= 0.6 is 11.7 Å². The lowest BCUT2D eigenvalue weighted by atomic mass is 10.1. The van der Waals surface area contributed by atoms with Gasteiger partial charge in [0.25, 0.3) is 0 Å². The number of aliphatic hydroxyl groups is 1. The lowest BCUT2D eigenvalue weighted by Crippen LogP contribution is -2.02. The SMILES string of the molecule is Cn1cc(CC(O)c2cnsn2)nn1. The maximum Gasteiger partial charge on any atom is 0.104 e. The van der Waals surface area contributed by atoms with Crippen molar-refractivity contribution in [1.82, 2.24) is 23.7 Å². The van der Waals surface area contributed by atoms with Gasteiger partial charge in [-0.15, -0.1) is 5.10 Å². The van der Waals surface area contributed by atoms with Crippen molar-refractivity contribution in [3.8, 4) is 0 Å².